The molecule has 0 spiro atoms. The van der Waals surface area contributed by atoms with Crippen LogP contribution in [0, 0.1) is 0 Å². The van der Waals surface area contributed by atoms with E-state index in [2.05, 4.69) is 86.8 Å². The number of hydrogen-bond acceptors (Lipinski definition) is 0. The Morgan fingerprint density at radius 3 is 2.27 bits per heavy atom. The van der Waals surface area contributed by atoms with Crippen molar-refractivity contribution in [3.8, 4) is 11.1 Å². The van der Waals surface area contributed by atoms with Gasteiger partial charge in [-0.05, 0) is 0 Å². The molecular weight excluding hydrogens is 454 g/mol. The molecule has 0 N–H and O–H groups in total. The van der Waals surface area contributed by atoms with Crippen molar-refractivity contribution >= 4 is 39.8 Å². The molecule has 132 valence electrons. The molecule has 1 aliphatic carbocycles. The summed E-state index contributed by atoms with van der Waals surface area (Å²) in [5.74, 6) is -1.06. The van der Waals surface area contributed by atoms with Gasteiger partial charge in [-0.25, -0.2) is 0 Å². The van der Waals surface area contributed by atoms with Gasteiger partial charge in [0.2, 0.25) is 0 Å². The Kier molecular flexibility index (Phi) is 5.07. The van der Waals surface area contributed by atoms with Gasteiger partial charge in [-0.1, -0.05) is 0 Å². The second-order valence-corrected chi connectivity index (χ2v) is 41.3. The molecule has 0 amide bonds. The molecule has 3 aromatic rings. The molecule has 4 rings (SSSR count). The molecule has 0 saturated carbocycles. The van der Waals surface area contributed by atoms with Gasteiger partial charge in [0.25, 0.3) is 0 Å². The molecule has 0 nitrogen and oxygen atoms in total. The van der Waals surface area contributed by atoms with Crippen LogP contribution in [0.2, 0.25) is 13.1 Å². The summed E-state index contributed by atoms with van der Waals surface area (Å²) in [6, 6.07) is 21.8. The number of hydrogen-bond donors (Lipinski definition) is 0. The second-order valence-electron chi connectivity index (χ2n) is 7.49. The summed E-state index contributed by atoms with van der Waals surface area (Å²) in [5, 5.41) is 2.57. The second kappa shape index (κ2) is 7.06. The molecular formula is C22H22Cl2SiZr. The Morgan fingerprint density at radius 2 is 1.50 bits per heavy atom. The van der Waals surface area contributed by atoms with Crippen LogP contribution in [0.3, 0.4) is 0 Å². The predicted octanol–water partition coefficient (Wildman–Crippen LogP) is 7.41. The molecule has 0 aliphatic heterocycles. The summed E-state index contributed by atoms with van der Waals surface area (Å²) in [7, 11) is 14.2. The van der Waals surface area contributed by atoms with Crippen molar-refractivity contribution in [2.75, 3.05) is 0 Å². The van der Waals surface area contributed by atoms with E-state index in [-0.39, 0.29) is 0 Å². The summed E-state index contributed by atoms with van der Waals surface area (Å²) in [4.78, 5) is 0. The SMILES string of the molecule is CC1=Cc2c(-c3cccc4ccccc34)cccc2[CH]1[Zr]([Cl])([Cl])[SiH](C)C. The normalized spacial score (nSPS) is 16.8. The van der Waals surface area contributed by atoms with Crippen molar-refractivity contribution in [2.24, 2.45) is 0 Å². The van der Waals surface area contributed by atoms with Gasteiger partial charge in [0.05, 0.1) is 0 Å². The molecule has 1 atom stereocenters. The van der Waals surface area contributed by atoms with E-state index in [0.717, 1.165) is 0 Å². The van der Waals surface area contributed by atoms with E-state index < -0.39 is 23.0 Å². The Morgan fingerprint density at radius 1 is 0.846 bits per heavy atom. The molecule has 3 aromatic carbocycles. The standard InChI is InChI=1S/C20H15.C2H7Si.2ClH.Zr/c1-14-12-16-8-5-11-19(20(16)13-14)18-10-4-7-15-6-2-3-9-17(15)18;1-3-2;;;/h2-13H,1H3;3H,1-2H3;2*1H;/q;;;;+2/p-2. The fraction of sp³-hybridized carbons (Fsp3) is 0.182. The van der Waals surface area contributed by atoms with Crippen LogP contribution >= 0.6 is 17.0 Å². The van der Waals surface area contributed by atoms with Crippen molar-refractivity contribution < 1.29 is 17.0 Å². The number of benzene rings is 3. The van der Waals surface area contributed by atoms with Gasteiger partial charge in [0.1, 0.15) is 0 Å². The molecule has 0 aromatic heterocycles. The summed E-state index contributed by atoms with van der Waals surface area (Å²) in [5.41, 5.74) is 6.62. The quantitative estimate of drug-likeness (QED) is 0.345. The van der Waals surface area contributed by atoms with Gasteiger partial charge >= 0.3 is 169 Å². The fourth-order valence-electron chi connectivity index (χ4n) is 4.09. The Bertz CT molecular complexity index is 1020. The van der Waals surface area contributed by atoms with Crippen LogP contribution < -0.4 is 0 Å². The molecule has 0 heterocycles. The average Bonchev–Trinajstić information content (AvgIpc) is 2.97. The number of allylic oxidation sites excluding steroid dienone is 1. The summed E-state index contributed by atoms with van der Waals surface area (Å²) >= 11 is -3.17. The number of fused-ring (bicyclic) bond motifs is 2. The maximum absolute atomic E-state index is 7.09. The van der Waals surface area contributed by atoms with Gasteiger partial charge in [-0.2, -0.15) is 0 Å². The Labute approximate surface area is 167 Å². The van der Waals surface area contributed by atoms with Crippen LogP contribution in [0.25, 0.3) is 28.0 Å². The third-order valence-corrected chi connectivity index (χ3v) is 42.2. The van der Waals surface area contributed by atoms with E-state index in [9.17, 15) is 0 Å². The first-order chi connectivity index (χ1) is 12.4. The van der Waals surface area contributed by atoms with Crippen molar-refractivity contribution in [2.45, 2.75) is 23.6 Å². The maximum atomic E-state index is 7.09. The van der Waals surface area contributed by atoms with E-state index in [4.69, 9.17) is 17.0 Å². The molecule has 4 heteroatoms. The summed E-state index contributed by atoms with van der Waals surface area (Å²) in [6.45, 7) is 6.84. The first-order valence-corrected chi connectivity index (χ1v) is 24.0. The van der Waals surface area contributed by atoms with Gasteiger partial charge in [0, 0.05) is 0 Å². The molecule has 0 fully saturated rings. The molecule has 26 heavy (non-hydrogen) atoms. The van der Waals surface area contributed by atoms with Crippen molar-refractivity contribution in [1.29, 1.82) is 0 Å². The Balaban J connectivity index is 1.94. The van der Waals surface area contributed by atoms with E-state index in [0.29, 0.717) is 3.63 Å². The first-order valence-electron chi connectivity index (χ1n) is 9.08. The average molecular weight is 477 g/mol. The molecule has 0 saturated heterocycles. The van der Waals surface area contributed by atoms with Crippen molar-refractivity contribution in [1.82, 2.24) is 0 Å². The zero-order chi connectivity index (χ0) is 18.5. The molecule has 1 aliphatic rings. The fourth-order valence-corrected chi connectivity index (χ4v) is 19.1. The minimum absolute atomic E-state index is 0.296. The third-order valence-electron chi connectivity index (χ3n) is 5.51. The third kappa shape index (κ3) is 3.00. The topological polar surface area (TPSA) is 0 Å². The first kappa shape index (κ1) is 18.7. The Hall–Kier alpha value is -0.660. The van der Waals surface area contributed by atoms with Crippen LogP contribution in [0.5, 0.6) is 0 Å². The van der Waals surface area contributed by atoms with Crippen LogP contribution in [-0.4, -0.2) is 5.92 Å². The molecule has 0 radical (unpaired) electrons. The van der Waals surface area contributed by atoms with Gasteiger partial charge in [-0.3, -0.25) is 0 Å². The molecule has 0 bridgehead atoms. The van der Waals surface area contributed by atoms with Gasteiger partial charge in [0.15, 0.2) is 0 Å². The predicted molar refractivity (Wildman–Crippen MR) is 116 cm³/mol. The number of halogens is 2. The van der Waals surface area contributed by atoms with E-state index in [1.54, 1.807) is 0 Å². The van der Waals surface area contributed by atoms with Crippen molar-refractivity contribution in [3.05, 3.63) is 77.4 Å². The van der Waals surface area contributed by atoms with Gasteiger partial charge in [-0.15, -0.1) is 0 Å². The minimum atomic E-state index is -3.17. The monoisotopic (exact) mass is 474 g/mol. The zero-order valence-corrected chi connectivity index (χ0v) is 20.4. The van der Waals surface area contributed by atoms with Crippen LogP contribution in [-0.2, 0) is 17.0 Å². The van der Waals surface area contributed by atoms with E-state index >= 15 is 0 Å². The van der Waals surface area contributed by atoms with Gasteiger partial charge < -0.3 is 0 Å². The van der Waals surface area contributed by atoms with E-state index in [1.165, 1.54) is 38.6 Å². The number of rotatable bonds is 3. The summed E-state index contributed by atoms with van der Waals surface area (Å²) < 4.78 is 0.296. The van der Waals surface area contributed by atoms with Crippen LogP contribution in [0.4, 0.5) is 0 Å². The van der Waals surface area contributed by atoms with Crippen LogP contribution in [0.15, 0.2) is 66.2 Å². The van der Waals surface area contributed by atoms with Crippen molar-refractivity contribution in [3.63, 3.8) is 0 Å². The molecule has 1 unspecified atom stereocenters. The van der Waals surface area contributed by atoms with E-state index in [1.807, 2.05) is 0 Å². The zero-order valence-electron chi connectivity index (χ0n) is 15.3. The summed E-state index contributed by atoms with van der Waals surface area (Å²) in [6.07, 6.45) is 2.34. The van der Waals surface area contributed by atoms with Crippen LogP contribution in [0.1, 0.15) is 21.7 Å².